The molecule has 0 saturated carbocycles. The van der Waals surface area contributed by atoms with Crippen molar-refractivity contribution in [3.8, 4) is 0 Å². The van der Waals surface area contributed by atoms with Gasteiger partial charge in [0.25, 0.3) is 0 Å². The summed E-state index contributed by atoms with van der Waals surface area (Å²) < 4.78 is 2.26. The summed E-state index contributed by atoms with van der Waals surface area (Å²) in [5.41, 5.74) is 4.96. The lowest BCUT2D eigenvalue weighted by Crippen LogP contribution is -2.40. The average Bonchev–Trinajstić information content (AvgIpc) is 3.11. The van der Waals surface area contributed by atoms with Crippen LogP contribution in [0.15, 0.2) is 30.9 Å². The maximum absolute atomic E-state index is 6.66. The summed E-state index contributed by atoms with van der Waals surface area (Å²) in [6.45, 7) is 4.70. The summed E-state index contributed by atoms with van der Waals surface area (Å²) in [5.74, 6) is 0.627. The second kappa shape index (κ2) is 6.72. The standard InChI is InChI=1S/C20H25ClN2.ClH/c1-3-20-8-4-5-15-6-7-18(21)17(19(15)20)11-16(12-20)14(2)23-10-9-22-13-23;/h6-7,9-10,13-14,16H,3-5,8,11-12H2,1-2H3;1H. The molecule has 0 aliphatic heterocycles. The SMILES string of the molecule is CCC12CCCc3ccc(Cl)c(c31)CC(C(C)n1ccnc1)C2.Cl. The van der Waals surface area contributed by atoms with Crippen LogP contribution in [0.5, 0.6) is 0 Å². The molecule has 0 fully saturated rings. The molecule has 2 aliphatic carbocycles. The second-order valence-electron chi connectivity index (χ2n) is 7.47. The van der Waals surface area contributed by atoms with E-state index in [0.29, 0.717) is 17.4 Å². The van der Waals surface area contributed by atoms with Gasteiger partial charge in [0.1, 0.15) is 0 Å². The van der Waals surface area contributed by atoms with Gasteiger partial charge in [-0.05, 0) is 79.5 Å². The fourth-order valence-electron chi connectivity index (χ4n) is 5.11. The lowest BCUT2D eigenvalue weighted by atomic mass is 9.58. The van der Waals surface area contributed by atoms with Crippen LogP contribution in [0.1, 0.15) is 62.3 Å². The molecule has 4 heteroatoms. The lowest BCUT2D eigenvalue weighted by molar-refractivity contribution is 0.199. The Morgan fingerprint density at radius 1 is 1.42 bits per heavy atom. The summed E-state index contributed by atoms with van der Waals surface area (Å²) in [7, 11) is 0. The van der Waals surface area contributed by atoms with E-state index in [-0.39, 0.29) is 12.4 Å². The summed E-state index contributed by atoms with van der Waals surface area (Å²) >= 11 is 6.66. The Hall–Kier alpha value is -0.990. The van der Waals surface area contributed by atoms with Gasteiger partial charge >= 0.3 is 0 Å². The zero-order valence-electron chi connectivity index (χ0n) is 14.5. The first-order valence-electron chi connectivity index (χ1n) is 8.93. The minimum absolute atomic E-state index is 0. The Morgan fingerprint density at radius 3 is 2.96 bits per heavy atom. The maximum atomic E-state index is 6.66. The maximum Gasteiger partial charge on any atom is 0.0948 e. The fraction of sp³-hybridized carbons (Fsp3) is 0.550. The first kappa shape index (κ1) is 17.8. The molecule has 0 spiro atoms. The number of benzene rings is 1. The van der Waals surface area contributed by atoms with Crippen LogP contribution in [-0.2, 0) is 18.3 Å². The highest BCUT2D eigenvalue weighted by atomic mass is 35.5. The van der Waals surface area contributed by atoms with E-state index in [1.54, 1.807) is 11.1 Å². The molecule has 1 aromatic heterocycles. The summed E-state index contributed by atoms with van der Waals surface area (Å²) in [6.07, 6.45) is 13.4. The number of halogens is 2. The van der Waals surface area contributed by atoms with Crippen LogP contribution in [0.3, 0.4) is 0 Å². The topological polar surface area (TPSA) is 17.8 Å². The van der Waals surface area contributed by atoms with E-state index in [9.17, 15) is 0 Å². The van der Waals surface area contributed by atoms with Crippen LogP contribution in [0.2, 0.25) is 5.02 Å². The van der Waals surface area contributed by atoms with Gasteiger partial charge in [-0.25, -0.2) is 4.98 Å². The van der Waals surface area contributed by atoms with Gasteiger partial charge in [0.05, 0.1) is 6.33 Å². The Labute approximate surface area is 156 Å². The van der Waals surface area contributed by atoms with Crippen molar-refractivity contribution in [1.29, 1.82) is 0 Å². The van der Waals surface area contributed by atoms with Crippen molar-refractivity contribution in [3.05, 3.63) is 52.6 Å². The molecule has 1 aromatic carbocycles. The third-order valence-corrected chi connectivity index (χ3v) is 6.80. The molecule has 1 heterocycles. The number of aromatic nitrogens is 2. The molecule has 3 unspecified atom stereocenters. The zero-order valence-corrected chi connectivity index (χ0v) is 16.0. The van der Waals surface area contributed by atoms with Gasteiger partial charge in [0, 0.05) is 23.5 Å². The number of aryl methyl sites for hydroxylation is 1. The van der Waals surface area contributed by atoms with Crippen molar-refractivity contribution < 1.29 is 0 Å². The van der Waals surface area contributed by atoms with Crippen molar-refractivity contribution in [3.63, 3.8) is 0 Å². The van der Waals surface area contributed by atoms with Gasteiger partial charge in [-0.3, -0.25) is 0 Å². The predicted molar refractivity (Wildman–Crippen MR) is 102 cm³/mol. The van der Waals surface area contributed by atoms with E-state index in [1.165, 1.54) is 37.7 Å². The molecule has 130 valence electrons. The summed E-state index contributed by atoms with van der Waals surface area (Å²) in [4.78, 5) is 4.24. The minimum Gasteiger partial charge on any atom is -0.334 e. The number of nitrogens with zero attached hydrogens (tertiary/aromatic N) is 2. The smallest absolute Gasteiger partial charge is 0.0948 e. The molecule has 0 N–H and O–H groups in total. The molecule has 24 heavy (non-hydrogen) atoms. The van der Waals surface area contributed by atoms with Gasteiger partial charge in [0.15, 0.2) is 0 Å². The molecule has 0 bridgehead atoms. The highest BCUT2D eigenvalue weighted by molar-refractivity contribution is 6.31. The molecular formula is C20H26Cl2N2. The fourth-order valence-corrected chi connectivity index (χ4v) is 5.35. The monoisotopic (exact) mass is 364 g/mol. The molecule has 0 radical (unpaired) electrons. The number of rotatable bonds is 3. The molecule has 0 amide bonds. The van der Waals surface area contributed by atoms with Crippen LogP contribution < -0.4 is 0 Å². The summed E-state index contributed by atoms with van der Waals surface area (Å²) in [6, 6.07) is 4.88. The Morgan fingerprint density at radius 2 is 2.25 bits per heavy atom. The van der Waals surface area contributed by atoms with E-state index in [0.717, 1.165) is 11.4 Å². The van der Waals surface area contributed by atoms with E-state index >= 15 is 0 Å². The van der Waals surface area contributed by atoms with Crippen molar-refractivity contribution in [2.45, 2.75) is 63.8 Å². The predicted octanol–water partition coefficient (Wildman–Crippen LogP) is 5.77. The van der Waals surface area contributed by atoms with Crippen LogP contribution in [0, 0.1) is 5.92 Å². The van der Waals surface area contributed by atoms with Crippen molar-refractivity contribution in [1.82, 2.24) is 9.55 Å². The molecule has 0 saturated heterocycles. The van der Waals surface area contributed by atoms with Crippen LogP contribution >= 0.6 is 24.0 Å². The van der Waals surface area contributed by atoms with Crippen LogP contribution in [0.4, 0.5) is 0 Å². The minimum atomic E-state index is 0. The highest BCUT2D eigenvalue weighted by Crippen LogP contribution is 2.53. The van der Waals surface area contributed by atoms with Gasteiger partial charge in [-0.2, -0.15) is 0 Å². The third kappa shape index (κ3) is 2.68. The second-order valence-corrected chi connectivity index (χ2v) is 7.87. The largest absolute Gasteiger partial charge is 0.334 e. The van der Waals surface area contributed by atoms with E-state index in [1.807, 2.05) is 12.5 Å². The first-order valence-corrected chi connectivity index (χ1v) is 9.30. The third-order valence-electron chi connectivity index (χ3n) is 6.45. The Bertz CT molecular complexity index is 711. The van der Waals surface area contributed by atoms with E-state index in [4.69, 9.17) is 11.6 Å². The zero-order chi connectivity index (χ0) is 16.0. The molecule has 3 atom stereocenters. The van der Waals surface area contributed by atoms with Gasteiger partial charge in [-0.1, -0.05) is 24.6 Å². The number of imidazole rings is 1. The summed E-state index contributed by atoms with van der Waals surface area (Å²) in [5, 5.41) is 0.978. The van der Waals surface area contributed by atoms with Gasteiger partial charge < -0.3 is 4.57 Å². The van der Waals surface area contributed by atoms with Gasteiger partial charge in [-0.15, -0.1) is 12.4 Å². The van der Waals surface area contributed by atoms with Crippen LogP contribution in [-0.4, -0.2) is 9.55 Å². The highest BCUT2D eigenvalue weighted by Gasteiger charge is 2.44. The molecule has 4 rings (SSSR count). The quantitative estimate of drug-likeness (QED) is 0.676. The van der Waals surface area contributed by atoms with Crippen LogP contribution in [0.25, 0.3) is 0 Å². The lowest BCUT2D eigenvalue weighted by Gasteiger charge is -2.48. The first-order chi connectivity index (χ1) is 11.1. The van der Waals surface area contributed by atoms with E-state index in [2.05, 4.69) is 41.7 Å². The normalized spacial score (nSPS) is 26.4. The number of hydrogen-bond donors (Lipinski definition) is 0. The Balaban J connectivity index is 0.00000169. The van der Waals surface area contributed by atoms with Crippen molar-refractivity contribution >= 4 is 24.0 Å². The van der Waals surface area contributed by atoms with E-state index < -0.39 is 0 Å². The van der Waals surface area contributed by atoms with Gasteiger partial charge in [0.2, 0.25) is 0 Å². The molecule has 2 aromatic rings. The van der Waals surface area contributed by atoms with Crippen molar-refractivity contribution in [2.75, 3.05) is 0 Å². The number of hydrogen-bond acceptors (Lipinski definition) is 1. The molecule has 2 nitrogen and oxygen atoms in total. The molecule has 2 aliphatic rings. The average molecular weight is 365 g/mol. The van der Waals surface area contributed by atoms with Crippen molar-refractivity contribution in [2.24, 2.45) is 5.92 Å². The molecular weight excluding hydrogens is 339 g/mol. The Kier molecular flexibility index (Phi) is 4.99.